The summed E-state index contributed by atoms with van der Waals surface area (Å²) in [5.41, 5.74) is 2.34. The molecule has 1 fully saturated rings. The summed E-state index contributed by atoms with van der Waals surface area (Å²) in [5.74, 6) is 0.0478. The predicted molar refractivity (Wildman–Crippen MR) is 79.9 cm³/mol. The van der Waals surface area contributed by atoms with Gasteiger partial charge in [0, 0.05) is 12.1 Å². The van der Waals surface area contributed by atoms with E-state index in [9.17, 15) is 10.0 Å². The Morgan fingerprint density at radius 2 is 2.24 bits per heavy atom. The first-order chi connectivity index (χ1) is 10.2. The number of amides is 1. The third kappa shape index (κ3) is 2.65. The van der Waals surface area contributed by atoms with Crippen molar-refractivity contribution in [3.63, 3.8) is 0 Å². The normalized spacial score (nSPS) is 27.5. The molecule has 1 saturated heterocycles. The molecule has 5 heteroatoms. The number of carbonyl (C=O) groups excluding carboxylic acids is 1. The van der Waals surface area contributed by atoms with Gasteiger partial charge in [-0.1, -0.05) is 23.4 Å². The predicted octanol–water partition coefficient (Wildman–Crippen LogP) is 2.42. The number of oxime groups is 1. The molecule has 2 aliphatic rings. The minimum absolute atomic E-state index is 0.0688. The van der Waals surface area contributed by atoms with Crippen molar-refractivity contribution in [1.82, 2.24) is 0 Å². The van der Waals surface area contributed by atoms with Crippen molar-refractivity contribution in [3.8, 4) is 0 Å². The maximum atomic E-state index is 12.8. The first kappa shape index (κ1) is 14.1. The van der Waals surface area contributed by atoms with Crippen LogP contribution in [0, 0.1) is 5.92 Å². The molecule has 5 nitrogen and oxygen atoms in total. The second kappa shape index (κ2) is 5.85. The van der Waals surface area contributed by atoms with E-state index in [0.29, 0.717) is 25.3 Å². The molecule has 0 spiro atoms. The van der Waals surface area contributed by atoms with Crippen LogP contribution in [0.15, 0.2) is 29.4 Å². The number of fused-ring (bicyclic) bond motifs is 1. The van der Waals surface area contributed by atoms with Gasteiger partial charge in [-0.15, -0.1) is 0 Å². The molecule has 2 heterocycles. The van der Waals surface area contributed by atoms with Crippen molar-refractivity contribution < 1.29 is 14.7 Å². The maximum absolute atomic E-state index is 12.8. The largest absolute Gasteiger partial charge is 0.411 e. The fraction of sp³-hybridized carbons (Fsp3) is 0.500. The Balaban J connectivity index is 1.93. The SMILES string of the molecule is CC1CC(C(=O)N2CCC/C(=N/O)c3ccccc32)CO1. The Morgan fingerprint density at radius 1 is 1.43 bits per heavy atom. The van der Waals surface area contributed by atoms with Gasteiger partial charge in [-0.25, -0.2) is 0 Å². The highest BCUT2D eigenvalue weighted by Crippen LogP contribution is 2.30. The van der Waals surface area contributed by atoms with Gasteiger partial charge < -0.3 is 14.8 Å². The van der Waals surface area contributed by atoms with Gasteiger partial charge >= 0.3 is 0 Å². The topological polar surface area (TPSA) is 62.1 Å². The highest BCUT2D eigenvalue weighted by molar-refractivity contribution is 6.09. The first-order valence-corrected chi connectivity index (χ1v) is 7.44. The number of hydrogen-bond acceptors (Lipinski definition) is 4. The van der Waals surface area contributed by atoms with Gasteiger partial charge in [0.15, 0.2) is 0 Å². The molecule has 3 rings (SSSR count). The van der Waals surface area contributed by atoms with E-state index in [0.717, 1.165) is 24.1 Å². The Morgan fingerprint density at radius 3 is 2.95 bits per heavy atom. The number of carbonyl (C=O) groups is 1. The average Bonchev–Trinajstić information content (AvgIpc) is 2.84. The van der Waals surface area contributed by atoms with Crippen molar-refractivity contribution in [1.29, 1.82) is 0 Å². The zero-order valence-corrected chi connectivity index (χ0v) is 12.2. The van der Waals surface area contributed by atoms with Crippen LogP contribution in [0.4, 0.5) is 5.69 Å². The summed E-state index contributed by atoms with van der Waals surface area (Å²) < 4.78 is 5.53. The molecule has 21 heavy (non-hydrogen) atoms. The molecule has 0 aliphatic carbocycles. The van der Waals surface area contributed by atoms with Crippen LogP contribution in [0.2, 0.25) is 0 Å². The zero-order chi connectivity index (χ0) is 14.8. The molecule has 0 radical (unpaired) electrons. The van der Waals surface area contributed by atoms with Crippen molar-refractivity contribution >= 4 is 17.3 Å². The maximum Gasteiger partial charge on any atom is 0.232 e. The van der Waals surface area contributed by atoms with Gasteiger partial charge in [0.25, 0.3) is 0 Å². The lowest BCUT2D eigenvalue weighted by atomic mass is 10.0. The molecule has 0 aromatic heterocycles. The number of hydrogen-bond donors (Lipinski definition) is 1. The van der Waals surface area contributed by atoms with E-state index in [4.69, 9.17) is 4.74 Å². The van der Waals surface area contributed by atoms with Crippen molar-refractivity contribution in [2.75, 3.05) is 18.1 Å². The van der Waals surface area contributed by atoms with E-state index >= 15 is 0 Å². The fourth-order valence-corrected chi connectivity index (χ4v) is 3.16. The van der Waals surface area contributed by atoms with Crippen LogP contribution >= 0.6 is 0 Å². The summed E-state index contributed by atoms with van der Waals surface area (Å²) in [6.45, 7) is 3.15. The number of para-hydroxylation sites is 1. The highest BCUT2D eigenvalue weighted by Gasteiger charge is 2.34. The van der Waals surface area contributed by atoms with E-state index < -0.39 is 0 Å². The smallest absolute Gasteiger partial charge is 0.232 e. The summed E-state index contributed by atoms with van der Waals surface area (Å²) in [6, 6.07) is 7.64. The lowest BCUT2D eigenvalue weighted by Gasteiger charge is -2.25. The van der Waals surface area contributed by atoms with Crippen LogP contribution in [0.3, 0.4) is 0 Å². The van der Waals surface area contributed by atoms with Crippen molar-refractivity contribution in [2.24, 2.45) is 11.1 Å². The van der Waals surface area contributed by atoms with Crippen LogP contribution in [-0.2, 0) is 9.53 Å². The number of nitrogens with zero attached hydrogens (tertiary/aromatic N) is 2. The molecule has 1 amide bonds. The summed E-state index contributed by atoms with van der Waals surface area (Å²) in [5, 5.41) is 12.6. The van der Waals surface area contributed by atoms with Crippen LogP contribution in [0.25, 0.3) is 0 Å². The summed E-state index contributed by atoms with van der Waals surface area (Å²) in [7, 11) is 0. The molecule has 112 valence electrons. The fourth-order valence-electron chi connectivity index (χ4n) is 3.16. The van der Waals surface area contributed by atoms with E-state index in [1.54, 1.807) is 0 Å². The Hall–Kier alpha value is -1.88. The zero-order valence-electron chi connectivity index (χ0n) is 12.2. The van der Waals surface area contributed by atoms with E-state index in [2.05, 4.69) is 5.16 Å². The number of anilines is 1. The van der Waals surface area contributed by atoms with Crippen LogP contribution in [-0.4, -0.2) is 36.1 Å². The van der Waals surface area contributed by atoms with Crippen molar-refractivity contribution in [3.05, 3.63) is 29.8 Å². The van der Waals surface area contributed by atoms with Gasteiger partial charge in [-0.05, 0) is 32.3 Å². The Kier molecular flexibility index (Phi) is 3.92. The van der Waals surface area contributed by atoms with Crippen LogP contribution in [0.5, 0.6) is 0 Å². The molecule has 1 N–H and O–H groups in total. The standard InChI is InChI=1S/C16H20N2O3/c1-11-9-12(10-21-11)16(19)18-8-4-6-14(17-20)13-5-2-3-7-15(13)18/h2-3,5,7,11-12,20H,4,6,8-10H2,1H3/b17-14-. The Bertz CT molecular complexity index is 570. The third-order valence-electron chi connectivity index (χ3n) is 4.24. The average molecular weight is 288 g/mol. The summed E-state index contributed by atoms with van der Waals surface area (Å²) in [4.78, 5) is 14.6. The molecular weight excluding hydrogens is 268 g/mol. The van der Waals surface area contributed by atoms with Gasteiger partial charge in [0.05, 0.1) is 30.0 Å². The summed E-state index contributed by atoms with van der Waals surface area (Å²) in [6.07, 6.45) is 2.40. The first-order valence-electron chi connectivity index (χ1n) is 7.44. The van der Waals surface area contributed by atoms with Gasteiger partial charge in [-0.2, -0.15) is 0 Å². The number of rotatable bonds is 1. The second-order valence-corrected chi connectivity index (χ2v) is 5.73. The molecule has 1 aromatic carbocycles. The molecule has 0 bridgehead atoms. The highest BCUT2D eigenvalue weighted by atomic mass is 16.5. The second-order valence-electron chi connectivity index (χ2n) is 5.73. The number of benzene rings is 1. The minimum Gasteiger partial charge on any atom is -0.411 e. The van der Waals surface area contributed by atoms with Gasteiger partial charge in [-0.3, -0.25) is 4.79 Å². The van der Waals surface area contributed by atoms with Crippen LogP contribution < -0.4 is 4.90 Å². The van der Waals surface area contributed by atoms with E-state index in [-0.39, 0.29) is 17.9 Å². The van der Waals surface area contributed by atoms with E-state index in [1.165, 1.54) is 0 Å². The van der Waals surface area contributed by atoms with E-state index in [1.807, 2.05) is 36.1 Å². The summed E-state index contributed by atoms with van der Waals surface area (Å²) >= 11 is 0. The molecule has 0 saturated carbocycles. The van der Waals surface area contributed by atoms with Gasteiger partial charge in [0.1, 0.15) is 0 Å². The molecule has 2 atom stereocenters. The molecular formula is C16H20N2O3. The Labute approximate surface area is 124 Å². The van der Waals surface area contributed by atoms with Crippen LogP contribution in [0.1, 0.15) is 31.7 Å². The monoisotopic (exact) mass is 288 g/mol. The van der Waals surface area contributed by atoms with Crippen molar-refractivity contribution in [2.45, 2.75) is 32.3 Å². The third-order valence-corrected chi connectivity index (χ3v) is 4.24. The molecule has 2 aliphatic heterocycles. The van der Waals surface area contributed by atoms with Gasteiger partial charge in [0.2, 0.25) is 5.91 Å². The lowest BCUT2D eigenvalue weighted by Crippen LogP contribution is -2.37. The molecule has 1 aromatic rings. The lowest BCUT2D eigenvalue weighted by molar-refractivity contribution is -0.122. The minimum atomic E-state index is -0.0688. The quantitative estimate of drug-likeness (QED) is 0.637. The number of ether oxygens (including phenoxy) is 1. The molecule has 2 unspecified atom stereocenters.